The summed E-state index contributed by atoms with van der Waals surface area (Å²) in [6.07, 6.45) is 5.05. The maximum absolute atomic E-state index is 14.7. The standard InChI is InChI=1S/C22H29F5O/c1-2-3-14-4-6-15(7-5-14)16-8-10-17(11-9-16)22(26,27)28-18-12-19(23)21(25)20(24)13-18/h12-17H,2-11H2,1H3/i12D,13D. The van der Waals surface area contributed by atoms with Gasteiger partial charge in [0.1, 0.15) is 5.75 Å². The molecule has 2 aliphatic carbocycles. The summed E-state index contributed by atoms with van der Waals surface area (Å²) in [7, 11) is 0. The summed E-state index contributed by atoms with van der Waals surface area (Å²) < 4.78 is 89.1. The van der Waals surface area contributed by atoms with Crippen molar-refractivity contribution in [1.82, 2.24) is 0 Å². The predicted octanol–water partition coefficient (Wildman–Crippen LogP) is 7.49. The molecular formula is C22H29F5O. The van der Waals surface area contributed by atoms with Crippen molar-refractivity contribution in [2.45, 2.75) is 77.2 Å². The first-order chi connectivity index (χ1) is 14.2. The molecule has 0 aliphatic heterocycles. The van der Waals surface area contributed by atoms with Crippen LogP contribution in [0.3, 0.4) is 0 Å². The SMILES string of the molecule is [2H]c1c(F)c(F)c(F)c([2H])c1OC(F)(F)C1CCC(C2CCC(CCC)CC2)CC1. The molecule has 0 atom stereocenters. The summed E-state index contributed by atoms with van der Waals surface area (Å²) in [6, 6.07) is -2.73. The molecule has 2 fully saturated rings. The third-order valence-corrected chi connectivity index (χ3v) is 6.57. The van der Waals surface area contributed by atoms with Gasteiger partial charge in [-0.05, 0) is 56.3 Å². The Bertz CT molecular complexity index is 713. The van der Waals surface area contributed by atoms with E-state index in [4.69, 9.17) is 2.74 Å². The fourth-order valence-electron chi connectivity index (χ4n) is 4.99. The van der Waals surface area contributed by atoms with E-state index in [2.05, 4.69) is 11.7 Å². The molecule has 0 unspecified atom stereocenters. The second kappa shape index (κ2) is 9.00. The second-order valence-electron chi connectivity index (χ2n) is 8.37. The molecule has 3 rings (SSSR count). The van der Waals surface area contributed by atoms with Crippen LogP contribution >= 0.6 is 0 Å². The quantitative estimate of drug-likeness (QED) is 0.351. The van der Waals surface area contributed by atoms with Crippen LogP contribution in [0.5, 0.6) is 5.75 Å². The van der Waals surface area contributed by atoms with Gasteiger partial charge in [0.15, 0.2) is 17.5 Å². The van der Waals surface area contributed by atoms with Crippen LogP contribution in [-0.4, -0.2) is 6.11 Å². The number of benzene rings is 1. The molecule has 0 spiro atoms. The zero-order chi connectivity index (χ0) is 22.1. The number of rotatable bonds is 6. The highest BCUT2D eigenvalue weighted by Gasteiger charge is 2.45. The summed E-state index contributed by atoms with van der Waals surface area (Å²) >= 11 is 0. The Morgan fingerprint density at radius 1 is 0.929 bits per heavy atom. The number of alkyl halides is 2. The minimum atomic E-state index is -3.79. The van der Waals surface area contributed by atoms with Gasteiger partial charge in [0.05, 0.1) is 8.66 Å². The first-order valence-electron chi connectivity index (χ1n) is 11.4. The topological polar surface area (TPSA) is 9.23 Å². The molecule has 0 bridgehead atoms. The van der Waals surface area contributed by atoms with Gasteiger partial charge in [-0.25, -0.2) is 13.2 Å². The Hall–Kier alpha value is -1.33. The van der Waals surface area contributed by atoms with E-state index in [-0.39, 0.29) is 12.8 Å². The van der Waals surface area contributed by atoms with Crippen molar-refractivity contribution in [2.24, 2.45) is 23.7 Å². The lowest BCUT2D eigenvalue weighted by Crippen LogP contribution is -2.38. The molecule has 2 aliphatic rings. The monoisotopic (exact) mass is 406 g/mol. The molecule has 28 heavy (non-hydrogen) atoms. The fraction of sp³-hybridized carbons (Fsp3) is 0.727. The van der Waals surface area contributed by atoms with Crippen molar-refractivity contribution >= 4 is 0 Å². The van der Waals surface area contributed by atoms with Crippen molar-refractivity contribution in [1.29, 1.82) is 0 Å². The van der Waals surface area contributed by atoms with E-state index >= 15 is 0 Å². The van der Waals surface area contributed by atoms with Crippen molar-refractivity contribution < 1.29 is 29.4 Å². The zero-order valence-corrected chi connectivity index (χ0v) is 16.2. The number of hydrogen-bond acceptors (Lipinski definition) is 1. The van der Waals surface area contributed by atoms with E-state index < -0.39 is 47.3 Å². The molecule has 1 aromatic carbocycles. The summed E-state index contributed by atoms with van der Waals surface area (Å²) in [5, 5.41) is 0. The van der Waals surface area contributed by atoms with E-state index in [0.29, 0.717) is 24.7 Å². The van der Waals surface area contributed by atoms with Gasteiger partial charge in [0.25, 0.3) is 0 Å². The van der Waals surface area contributed by atoms with Gasteiger partial charge in [0, 0.05) is 12.1 Å². The van der Waals surface area contributed by atoms with Crippen LogP contribution in [0.2, 0.25) is 0 Å². The molecule has 0 saturated heterocycles. The minimum Gasteiger partial charge on any atom is -0.432 e. The van der Waals surface area contributed by atoms with Crippen LogP contribution in [0.4, 0.5) is 22.0 Å². The molecule has 0 aromatic heterocycles. The van der Waals surface area contributed by atoms with E-state index in [9.17, 15) is 22.0 Å². The third-order valence-electron chi connectivity index (χ3n) is 6.57. The fourth-order valence-corrected chi connectivity index (χ4v) is 4.99. The summed E-state index contributed by atoms with van der Waals surface area (Å²) in [6.45, 7) is 2.19. The number of ether oxygens (including phenoxy) is 1. The maximum atomic E-state index is 14.7. The lowest BCUT2D eigenvalue weighted by Gasteiger charge is -2.39. The number of halogens is 5. The highest BCUT2D eigenvalue weighted by molar-refractivity contribution is 5.25. The predicted molar refractivity (Wildman–Crippen MR) is 97.7 cm³/mol. The summed E-state index contributed by atoms with van der Waals surface area (Å²) in [5.74, 6) is -6.57. The highest BCUT2D eigenvalue weighted by atomic mass is 19.3. The lowest BCUT2D eigenvalue weighted by atomic mass is 9.68. The average molecular weight is 406 g/mol. The lowest BCUT2D eigenvalue weighted by molar-refractivity contribution is -0.224. The van der Waals surface area contributed by atoms with Crippen LogP contribution < -0.4 is 4.74 Å². The van der Waals surface area contributed by atoms with Gasteiger partial charge >= 0.3 is 6.11 Å². The van der Waals surface area contributed by atoms with E-state index in [0.717, 1.165) is 18.8 Å². The van der Waals surface area contributed by atoms with Crippen LogP contribution in [0.1, 0.15) is 73.9 Å². The molecular weight excluding hydrogens is 375 g/mol. The molecule has 0 N–H and O–H groups in total. The average Bonchev–Trinajstić information content (AvgIpc) is 2.75. The molecule has 2 saturated carbocycles. The van der Waals surface area contributed by atoms with Crippen molar-refractivity contribution in [3.05, 3.63) is 29.5 Å². The van der Waals surface area contributed by atoms with Gasteiger partial charge < -0.3 is 4.74 Å². The van der Waals surface area contributed by atoms with Crippen LogP contribution in [-0.2, 0) is 0 Å². The highest BCUT2D eigenvalue weighted by Crippen LogP contribution is 2.46. The molecule has 158 valence electrons. The maximum Gasteiger partial charge on any atom is 0.400 e. The van der Waals surface area contributed by atoms with E-state index in [1.54, 1.807) is 0 Å². The van der Waals surface area contributed by atoms with Gasteiger partial charge in [-0.1, -0.05) is 32.6 Å². The first kappa shape index (κ1) is 18.7. The van der Waals surface area contributed by atoms with Gasteiger partial charge in [-0.2, -0.15) is 8.78 Å². The van der Waals surface area contributed by atoms with E-state index in [1.165, 1.54) is 25.7 Å². The molecule has 0 heterocycles. The van der Waals surface area contributed by atoms with Gasteiger partial charge in [-0.3, -0.25) is 0 Å². The summed E-state index contributed by atoms with van der Waals surface area (Å²) in [5.41, 5.74) is 0. The van der Waals surface area contributed by atoms with Crippen LogP contribution in [0, 0.1) is 41.1 Å². The minimum absolute atomic E-state index is 0.208. The Kier molecular flexibility index (Phi) is 6.00. The van der Waals surface area contributed by atoms with Gasteiger partial charge in [-0.15, -0.1) is 0 Å². The first-order valence-corrected chi connectivity index (χ1v) is 10.4. The molecule has 1 nitrogen and oxygen atoms in total. The van der Waals surface area contributed by atoms with Crippen molar-refractivity contribution in [2.75, 3.05) is 0 Å². The van der Waals surface area contributed by atoms with E-state index in [1.807, 2.05) is 0 Å². The number of hydrogen-bond donors (Lipinski definition) is 0. The molecule has 0 amide bonds. The van der Waals surface area contributed by atoms with Crippen molar-refractivity contribution in [3.8, 4) is 5.75 Å². The second-order valence-corrected chi connectivity index (χ2v) is 8.37. The smallest absolute Gasteiger partial charge is 0.400 e. The van der Waals surface area contributed by atoms with Crippen LogP contribution in [0.15, 0.2) is 12.1 Å². The Morgan fingerprint density at radius 2 is 1.43 bits per heavy atom. The molecule has 0 radical (unpaired) electrons. The largest absolute Gasteiger partial charge is 0.432 e. The normalized spacial score (nSPS) is 29.9. The van der Waals surface area contributed by atoms with Crippen LogP contribution in [0.25, 0.3) is 0 Å². The zero-order valence-electron chi connectivity index (χ0n) is 18.2. The molecule has 1 aromatic rings. The Balaban J connectivity index is 1.61. The third kappa shape index (κ3) is 4.98. The van der Waals surface area contributed by atoms with Gasteiger partial charge in [0.2, 0.25) is 0 Å². The summed E-state index contributed by atoms with van der Waals surface area (Å²) in [4.78, 5) is 0. The molecule has 6 heteroatoms. The Morgan fingerprint density at radius 3 is 1.93 bits per heavy atom. The Labute approximate surface area is 166 Å². The van der Waals surface area contributed by atoms with Crippen molar-refractivity contribution in [3.63, 3.8) is 0 Å².